The molecule has 0 fully saturated rings. The average molecular weight is 184 g/mol. The Morgan fingerprint density at radius 3 is 2.31 bits per heavy atom. The SMILES string of the molecule is CCC=C(C)OC(=O)CCC(C)=O. The maximum atomic E-state index is 11.0. The molecule has 0 spiro atoms. The monoisotopic (exact) mass is 184 g/mol. The molecule has 0 saturated heterocycles. The molecule has 13 heavy (non-hydrogen) atoms. The Balaban J connectivity index is 3.74. The van der Waals surface area contributed by atoms with Gasteiger partial charge in [-0.25, -0.2) is 0 Å². The van der Waals surface area contributed by atoms with Gasteiger partial charge in [0.1, 0.15) is 11.5 Å². The molecule has 0 saturated carbocycles. The molecule has 0 amide bonds. The highest BCUT2D eigenvalue weighted by Gasteiger charge is 2.05. The Labute approximate surface area is 78.8 Å². The van der Waals surface area contributed by atoms with Gasteiger partial charge < -0.3 is 9.53 Å². The number of Topliss-reactive ketones (excluding diaryl/α,β-unsaturated/α-hetero) is 1. The zero-order chi connectivity index (χ0) is 10.3. The quantitative estimate of drug-likeness (QED) is 0.486. The van der Waals surface area contributed by atoms with Crippen LogP contribution in [0.15, 0.2) is 11.8 Å². The van der Waals surface area contributed by atoms with Gasteiger partial charge in [-0.3, -0.25) is 4.79 Å². The van der Waals surface area contributed by atoms with Crippen LogP contribution < -0.4 is 0 Å². The Kier molecular flexibility index (Phi) is 5.85. The fourth-order valence-electron chi connectivity index (χ4n) is 0.838. The summed E-state index contributed by atoms with van der Waals surface area (Å²) < 4.78 is 4.91. The van der Waals surface area contributed by atoms with Crippen LogP contribution in [0.3, 0.4) is 0 Å². The number of hydrogen-bond acceptors (Lipinski definition) is 3. The third kappa shape index (κ3) is 7.25. The summed E-state index contributed by atoms with van der Waals surface area (Å²) in [6, 6.07) is 0. The number of ketones is 1. The van der Waals surface area contributed by atoms with Crippen molar-refractivity contribution >= 4 is 11.8 Å². The minimum absolute atomic E-state index is 0.00840. The molecule has 0 aromatic carbocycles. The summed E-state index contributed by atoms with van der Waals surface area (Å²) in [5, 5.41) is 0. The minimum Gasteiger partial charge on any atom is -0.432 e. The zero-order valence-electron chi connectivity index (χ0n) is 8.42. The third-order valence-corrected chi connectivity index (χ3v) is 1.45. The summed E-state index contributed by atoms with van der Waals surface area (Å²) in [7, 11) is 0. The molecule has 74 valence electrons. The van der Waals surface area contributed by atoms with Gasteiger partial charge in [0, 0.05) is 6.42 Å². The predicted molar refractivity (Wildman–Crippen MR) is 50.1 cm³/mol. The van der Waals surface area contributed by atoms with E-state index < -0.39 is 0 Å². The van der Waals surface area contributed by atoms with Crippen molar-refractivity contribution < 1.29 is 14.3 Å². The van der Waals surface area contributed by atoms with Crippen molar-refractivity contribution in [2.45, 2.75) is 40.0 Å². The molecule has 0 unspecified atom stereocenters. The molecule has 0 bridgehead atoms. The summed E-state index contributed by atoms with van der Waals surface area (Å²) in [6.07, 6.45) is 3.10. The first kappa shape index (κ1) is 11.9. The van der Waals surface area contributed by atoms with E-state index in [1.54, 1.807) is 6.92 Å². The Hall–Kier alpha value is -1.12. The molecule has 0 N–H and O–H groups in total. The molecule has 0 atom stereocenters. The van der Waals surface area contributed by atoms with E-state index in [2.05, 4.69) is 0 Å². The molecule has 0 aromatic heterocycles. The van der Waals surface area contributed by atoms with Crippen LogP contribution in [-0.4, -0.2) is 11.8 Å². The van der Waals surface area contributed by atoms with Gasteiger partial charge in [0.05, 0.1) is 6.42 Å². The molecule has 0 radical (unpaired) electrons. The van der Waals surface area contributed by atoms with Crippen LogP contribution in [0.5, 0.6) is 0 Å². The van der Waals surface area contributed by atoms with E-state index >= 15 is 0 Å². The lowest BCUT2D eigenvalue weighted by Gasteiger charge is -2.02. The lowest BCUT2D eigenvalue weighted by atomic mass is 10.2. The highest BCUT2D eigenvalue weighted by molar-refractivity contribution is 5.81. The van der Waals surface area contributed by atoms with E-state index in [-0.39, 0.29) is 24.6 Å². The van der Waals surface area contributed by atoms with E-state index in [9.17, 15) is 9.59 Å². The smallest absolute Gasteiger partial charge is 0.311 e. The van der Waals surface area contributed by atoms with Crippen molar-refractivity contribution in [1.82, 2.24) is 0 Å². The number of carbonyl (C=O) groups excluding carboxylic acids is 2. The summed E-state index contributed by atoms with van der Waals surface area (Å²) >= 11 is 0. The van der Waals surface area contributed by atoms with Crippen molar-refractivity contribution in [3.05, 3.63) is 11.8 Å². The molecule has 0 aromatic rings. The van der Waals surface area contributed by atoms with E-state index in [0.29, 0.717) is 5.76 Å². The lowest BCUT2D eigenvalue weighted by Crippen LogP contribution is -2.05. The predicted octanol–water partition coefficient (Wildman–Crippen LogP) is 2.21. The van der Waals surface area contributed by atoms with Gasteiger partial charge in [-0.2, -0.15) is 0 Å². The molecule has 3 heteroatoms. The lowest BCUT2D eigenvalue weighted by molar-refractivity contribution is -0.140. The fourth-order valence-corrected chi connectivity index (χ4v) is 0.838. The van der Waals surface area contributed by atoms with Crippen LogP contribution in [0.4, 0.5) is 0 Å². The second kappa shape index (κ2) is 6.40. The van der Waals surface area contributed by atoms with Crippen molar-refractivity contribution in [2.24, 2.45) is 0 Å². The van der Waals surface area contributed by atoms with Gasteiger partial charge in [0.2, 0.25) is 0 Å². The molecule has 0 rings (SSSR count). The molecule has 3 nitrogen and oxygen atoms in total. The summed E-state index contributed by atoms with van der Waals surface area (Å²) in [5.41, 5.74) is 0. The number of allylic oxidation sites excluding steroid dienone is 2. The number of carbonyl (C=O) groups is 2. The van der Waals surface area contributed by atoms with Gasteiger partial charge in [0.25, 0.3) is 0 Å². The third-order valence-electron chi connectivity index (χ3n) is 1.45. The molecule has 0 heterocycles. The highest BCUT2D eigenvalue weighted by atomic mass is 16.5. The molecule has 0 aliphatic carbocycles. The zero-order valence-corrected chi connectivity index (χ0v) is 8.42. The van der Waals surface area contributed by atoms with E-state index in [4.69, 9.17) is 4.74 Å². The second-order valence-corrected chi connectivity index (χ2v) is 2.90. The standard InChI is InChI=1S/C10H16O3/c1-4-5-9(3)13-10(12)7-6-8(2)11/h5H,4,6-7H2,1-3H3. The van der Waals surface area contributed by atoms with Gasteiger partial charge in [0.15, 0.2) is 0 Å². The fraction of sp³-hybridized carbons (Fsp3) is 0.600. The van der Waals surface area contributed by atoms with Gasteiger partial charge in [-0.15, -0.1) is 0 Å². The van der Waals surface area contributed by atoms with E-state index in [0.717, 1.165) is 6.42 Å². The first-order valence-corrected chi connectivity index (χ1v) is 4.43. The number of rotatable bonds is 5. The van der Waals surface area contributed by atoms with Gasteiger partial charge in [-0.1, -0.05) is 6.92 Å². The second-order valence-electron chi connectivity index (χ2n) is 2.90. The number of ether oxygens (including phenoxy) is 1. The highest BCUT2D eigenvalue weighted by Crippen LogP contribution is 2.02. The summed E-state index contributed by atoms with van der Waals surface area (Å²) in [5.74, 6) is 0.280. The first-order chi connectivity index (χ1) is 6.06. The Bertz CT molecular complexity index is 216. The van der Waals surface area contributed by atoms with Crippen LogP contribution in [0.25, 0.3) is 0 Å². The maximum Gasteiger partial charge on any atom is 0.311 e. The summed E-state index contributed by atoms with van der Waals surface area (Å²) in [4.78, 5) is 21.6. The van der Waals surface area contributed by atoms with Crippen LogP contribution in [-0.2, 0) is 14.3 Å². The van der Waals surface area contributed by atoms with Gasteiger partial charge in [-0.05, 0) is 26.3 Å². The Morgan fingerprint density at radius 2 is 1.85 bits per heavy atom. The largest absolute Gasteiger partial charge is 0.432 e. The normalized spacial score (nSPS) is 11.2. The molecular formula is C10H16O3. The first-order valence-electron chi connectivity index (χ1n) is 4.43. The van der Waals surface area contributed by atoms with Crippen molar-refractivity contribution in [3.63, 3.8) is 0 Å². The molecule has 0 aliphatic rings. The van der Waals surface area contributed by atoms with E-state index in [1.807, 2.05) is 13.0 Å². The molecule has 0 aliphatic heterocycles. The number of hydrogen-bond donors (Lipinski definition) is 0. The van der Waals surface area contributed by atoms with Crippen molar-refractivity contribution in [2.75, 3.05) is 0 Å². The minimum atomic E-state index is -0.336. The topological polar surface area (TPSA) is 43.4 Å². The average Bonchev–Trinajstić information content (AvgIpc) is 2.01. The van der Waals surface area contributed by atoms with Crippen LogP contribution in [0.2, 0.25) is 0 Å². The maximum absolute atomic E-state index is 11.0. The summed E-state index contributed by atoms with van der Waals surface area (Å²) in [6.45, 7) is 5.16. The molecular weight excluding hydrogens is 168 g/mol. The van der Waals surface area contributed by atoms with Crippen molar-refractivity contribution in [1.29, 1.82) is 0 Å². The Morgan fingerprint density at radius 1 is 1.23 bits per heavy atom. The van der Waals surface area contributed by atoms with Crippen LogP contribution in [0.1, 0.15) is 40.0 Å². The van der Waals surface area contributed by atoms with Crippen LogP contribution >= 0.6 is 0 Å². The number of esters is 1. The van der Waals surface area contributed by atoms with Gasteiger partial charge >= 0.3 is 5.97 Å². The van der Waals surface area contributed by atoms with Crippen molar-refractivity contribution in [3.8, 4) is 0 Å². The van der Waals surface area contributed by atoms with Crippen LogP contribution in [0, 0.1) is 0 Å². The van der Waals surface area contributed by atoms with E-state index in [1.165, 1.54) is 6.92 Å².